The van der Waals surface area contributed by atoms with E-state index in [4.69, 9.17) is 0 Å². The highest BCUT2D eigenvalue weighted by atomic mass is 15.3. The van der Waals surface area contributed by atoms with E-state index in [1.807, 2.05) is 54.7 Å². The van der Waals surface area contributed by atoms with E-state index in [1.165, 1.54) is 0 Å². The largest absolute Gasteiger partial charge is 0.346 e. The van der Waals surface area contributed by atoms with E-state index in [-0.39, 0.29) is 0 Å². The standard InChI is InChI=1S/C21H12N5/c1-2-4-16(5-3-1)19-8-9-20-23-14-18(26(20)25-19)7-6-15-12-17-10-11-22-21(17)24-13-15/h2-5,8-14H,(H,22,24). The van der Waals surface area contributed by atoms with Gasteiger partial charge in [-0.15, -0.1) is 0 Å². The van der Waals surface area contributed by atoms with Crippen LogP contribution in [0.2, 0.25) is 0 Å². The van der Waals surface area contributed by atoms with Crippen LogP contribution in [0.3, 0.4) is 0 Å². The minimum Gasteiger partial charge on any atom is -0.346 e. The van der Waals surface area contributed by atoms with Crippen LogP contribution in [0.4, 0.5) is 0 Å². The SMILES string of the molecule is C(#Cc1cnc2ccc(-c3cc[c]cc3)nn12)c1cnc2[nH]ccc2c1. The number of fused-ring (bicyclic) bond motifs is 2. The third kappa shape index (κ3) is 2.50. The van der Waals surface area contributed by atoms with Crippen LogP contribution in [-0.4, -0.2) is 24.6 Å². The Morgan fingerprint density at radius 1 is 0.962 bits per heavy atom. The van der Waals surface area contributed by atoms with Crippen molar-refractivity contribution in [3.8, 4) is 23.1 Å². The molecular weight excluding hydrogens is 322 g/mol. The van der Waals surface area contributed by atoms with Crippen LogP contribution in [0.1, 0.15) is 11.3 Å². The Balaban J connectivity index is 1.57. The summed E-state index contributed by atoms with van der Waals surface area (Å²) < 4.78 is 1.77. The molecule has 0 spiro atoms. The van der Waals surface area contributed by atoms with Gasteiger partial charge in [0.1, 0.15) is 11.3 Å². The van der Waals surface area contributed by atoms with Gasteiger partial charge in [0, 0.05) is 28.9 Å². The van der Waals surface area contributed by atoms with E-state index in [0.717, 1.165) is 39.2 Å². The predicted molar refractivity (Wildman–Crippen MR) is 99.3 cm³/mol. The van der Waals surface area contributed by atoms with Crippen molar-refractivity contribution in [3.05, 3.63) is 84.4 Å². The molecule has 5 aromatic rings. The fourth-order valence-corrected chi connectivity index (χ4v) is 2.81. The highest BCUT2D eigenvalue weighted by molar-refractivity contribution is 5.76. The van der Waals surface area contributed by atoms with E-state index in [1.54, 1.807) is 16.9 Å². The molecule has 0 saturated carbocycles. The van der Waals surface area contributed by atoms with Crippen molar-refractivity contribution in [1.29, 1.82) is 0 Å². The molecule has 1 N–H and O–H groups in total. The molecular formula is C21H12N5. The molecule has 1 aromatic carbocycles. The van der Waals surface area contributed by atoms with Crippen molar-refractivity contribution in [2.45, 2.75) is 0 Å². The summed E-state index contributed by atoms with van der Waals surface area (Å²) in [6, 6.07) is 18.6. The number of nitrogens with zero attached hydrogens (tertiary/aromatic N) is 4. The van der Waals surface area contributed by atoms with Crippen molar-refractivity contribution < 1.29 is 0 Å². The predicted octanol–water partition coefficient (Wildman–Crippen LogP) is 3.47. The summed E-state index contributed by atoms with van der Waals surface area (Å²) in [5.41, 5.74) is 5.10. The van der Waals surface area contributed by atoms with Crippen LogP contribution in [0, 0.1) is 17.9 Å². The number of benzene rings is 1. The first-order valence-electron chi connectivity index (χ1n) is 8.13. The van der Waals surface area contributed by atoms with E-state index < -0.39 is 0 Å². The molecule has 0 aliphatic carbocycles. The summed E-state index contributed by atoms with van der Waals surface area (Å²) >= 11 is 0. The van der Waals surface area contributed by atoms with Gasteiger partial charge in [-0.05, 0) is 36.3 Å². The summed E-state index contributed by atoms with van der Waals surface area (Å²) in [4.78, 5) is 11.8. The molecule has 121 valence electrons. The lowest BCUT2D eigenvalue weighted by molar-refractivity contribution is 0.930. The van der Waals surface area contributed by atoms with Crippen LogP contribution in [0.5, 0.6) is 0 Å². The number of H-pyrrole nitrogens is 1. The summed E-state index contributed by atoms with van der Waals surface area (Å²) in [6.45, 7) is 0. The van der Waals surface area contributed by atoms with Gasteiger partial charge in [-0.3, -0.25) is 0 Å². The maximum absolute atomic E-state index is 4.68. The van der Waals surface area contributed by atoms with Crippen molar-refractivity contribution in [2.24, 2.45) is 0 Å². The minimum atomic E-state index is 0.735. The summed E-state index contributed by atoms with van der Waals surface area (Å²) in [6.07, 6.45) is 5.36. The molecule has 0 fully saturated rings. The highest BCUT2D eigenvalue weighted by Crippen LogP contribution is 2.17. The number of imidazole rings is 1. The maximum Gasteiger partial charge on any atom is 0.154 e. The molecule has 26 heavy (non-hydrogen) atoms. The van der Waals surface area contributed by atoms with E-state index in [2.05, 4.69) is 38.0 Å². The van der Waals surface area contributed by atoms with Crippen molar-refractivity contribution in [3.63, 3.8) is 0 Å². The second-order valence-electron chi connectivity index (χ2n) is 5.81. The van der Waals surface area contributed by atoms with Gasteiger partial charge in [-0.25, -0.2) is 14.5 Å². The van der Waals surface area contributed by atoms with Crippen molar-refractivity contribution in [1.82, 2.24) is 24.6 Å². The smallest absolute Gasteiger partial charge is 0.154 e. The molecule has 0 amide bonds. The van der Waals surface area contributed by atoms with Crippen molar-refractivity contribution in [2.75, 3.05) is 0 Å². The molecule has 5 heteroatoms. The van der Waals surface area contributed by atoms with Crippen LogP contribution in [0.15, 0.2) is 67.1 Å². The number of hydrogen-bond donors (Lipinski definition) is 1. The highest BCUT2D eigenvalue weighted by Gasteiger charge is 2.05. The molecule has 1 radical (unpaired) electrons. The van der Waals surface area contributed by atoms with Gasteiger partial charge in [0.2, 0.25) is 0 Å². The Bertz CT molecular complexity index is 1290. The normalized spacial score (nSPS) is 10.8. The van der Waals surface area contributed by atoms with Crippen LogP contribution in [-0.2, 0) is 0 Å². The maximum atomic E-state index is 4.68. The topological polar surface area (TPSA) is 58.9 Å². The molecule has 5 rings (SSSR count). The fraction of sp³-hybridized carbons (Fsp3) is 0. The average molecular weight is 334 g/mol. The van der Waals surface area contributed by atoms with E-state index >= 15 is 0 Å². The summed E-state index contributed by atoms with van der Waals surface area (Å²) in [7, 11) is 0. The van der Waals surface area contributed by atoms with Gasteiger partial charge < -0.3 is 4.98 Å². The lowest BCUT2D eigenvalue weighted by Gasteiger charge is -2.01. The molecule has 0 unspecified atom stereocenters. The molecule has 0 aliphatic heterocycles. The van der Waals surface area contributed by atoms with Gasteiger partial charge in [-0.2, -0.15) is 5.10 Å². The van der Waals surface area contributed by atoms with Gasteiger partial charge in [0.25, 0.3) is 0 Å². The summed E-state index contributed by atoms with van der Waals surface area (Å²) in [5.74, 6) is 6.30. The number of pyridine rings is 1. The second kappa shape index (κ2) is 5.87. The first kappa shape index (κ1) is 14.4. The number of hydrogen-bond acceptors (Lipinski definition) is 3. The van der Waals surface area contributed by atoms with Crippen molar-refractivity contribution >= 4 is 16.7 Å². The number of aromatic nitrogens is 5. The quantitative estimate of drug-likeness (QED) is 0.478. The first-order valence-corrected chi connectivity index (χ1v) is 8.13. The van der Waals surface area contributed by atoms with Crippen LogP contribution in [0.25, 0.3) is 27.9 Å². The van der Waals surface area contributed by atoms with Gasteiger partial charge in [-0.1, -0.05) is 30.2 Å². The van der Waals surface area contributed by atoms with Crippen LogP contribution >= 0.6 is 0 Å². The minimum absolute atomic E-state index is 0.735. The third-order valence-corrected chi connectivity index (χ3v) is 4.11. The number of aromatic amines is 1. The molecule has 0 saturated heterocycles. The Hall–Kier alpha value is -3.91. The third-order valence-electron chi connectivity index (χ3n) is 4.11. The monoisotopic (exact) mass is 334 g/mol. The first-order chi connectivity index (χ1) is 12.9. The van der Waals surface area contributed by atoms with Gasteiger partial charge in [0.05, 0.1) is 11.9 Å². The molecule has 0 atom stereocenters. The Labute approximate surface area is 149 Å². The molecule has 4 heterocycles. The zero-order valence-electron chi connectivity index (χ0n) is 13.6. The van der Waals surface area contributed by atoms with Gasteiger partial charge in [0.15, 0.2) is 5.65 Å². The lowest BCUT2D eigenvalue weighted by Crippen LogP contribution is -1.96. The Morgan fingerprint density at radius 2 is 1.88 bits per heavy atom. The second-order valence-corrected chi connectivity index (χ2v) is 5.81. The zero-order chi connectivity index (χ0) is 17.3. The van der Waals surface area contributed by atoms with Gasteiger partial charge >= 0.3 is 0 Å². The van der Waals surface area contributed by atoms with Crippen LogP contribution < -0.4 is 0 Å². The Morgan fingerprint density at radius 3 is 2.81 bits per heavy atom. The van der Waals surface area contributed by atoms with E-state index in [9.17, 15) is 0 Å². The average Bonchev–Trinajstić information content (AvgIpc) is 3.33. The number of nitrogens with one attached hydrogen (secondary N) is 1. The fourth-order valence-electron chi connectivity index (χ4n) is 2.81. The number of rotatable bonds is 1. The molecule has 4 aromatic heterocycles. The zero-order valence-corrected chi connectivity index (χ0v) is 13.6. The van der Waals surface area contributed by atoms with E-state index in [0.29, 0.717) is 0 Å². The Kier molecular flexibility index (Phi) is 3.26. The lowest BCUT2D eigenvalue weighted by atomic mass is 10.1. The summed E-state index contributed by atoms with van der Waals surface area (Å²) in [5, 5.41) is 5.71. The molecule has 0 bridgehead atoms. The molecule has 0 aliphatic rings. The molecule has 5 nitrogen and oxygen atoms in total.